The van der Waals surface area contributed by atoms with E-state index in [1.807, 2.05) is 0 Å². The van der Waals surface area contributed by atoms with Crippen LogP contribution in [0.2, 0.25) is 0 Å². The van der Waals surface area contributed by atoms with E-state index in [1.165, 1.54) is 28.6 Å². The number of thioether (sulfide) groups is 1. The molecule has 6 heteroatoms. The fourth-order valence-electron chi connectivity index (χ4n) is 1.35. The Kier molecular flexibility index (Phi) is 2.90. The Morgan fingerprint density at radius 2 is 1.93 bits per heavy atom. The number of hydrogen-bond acceptors (Lipinski definition) is 4. The van der Waals surface area contributed by atoms with Crippen LogP contribution in [-0.2, 0) is 10.0 Å². The van der Waals surface area contributed by atoms with Crippen LogP contribution in [0, 0.1) is 0 Å². The Hall–Kier alpha value is -0.720. The summed E-state index contributed by atoms with van der Waals surface area (Å²) in [5, 5.41) is 9.08. The van der Waals surface area contributed by atoms with Crippen molar-refractivity contribution in [2.45, 2.75) is 4.90 Å². The Morgan fingerprint density at radius 3 is 2.47 bits per heavy atom. The van der Waals surface area contributed by atoms with Crippen molar-refractivity contribution >= 4 is 21.8 Å². The molecule has 0 radical (unpaired) electrons. The molecular formula is C9H11NO3S2. The van der Waals surface area contributed by atoms with Crippen LogP contribution in [0.15, 0.2) is 29.2 Å². The van der Waals surface area contributed by atoms with Gasteiger partial charge in [-0.25, -0.2) is 8.42 Å². The van der Waals surface area contributed by atoms with Crippen LogP contribution in [0.25, 0.3) is 0 Å². The van der Waals surface area contributed by atoms with E-state index in [2.05, 4.69) is 0 Å². The van der Waals surface area contributed by atoms with E-state index < -0.39 is 10.0 Å². The summed E-state index contributed by atoms with van der Waals surface area (Å²) in [5.41, 5.74) is 0. The summed E-state index contributed by atoms with van der Waals surface area (Å²) in [6, 6.07) is 5.62. The maximum Gasteiger partial charge on any atom is 0.243 e. The lowest BCUT2D eigenvalue weighted by atomic mass is 10.3. The normalized spacial score (nSPS) is 18.1. The third-order valence-corrected chi connectivity index (χ3v) is 5.18. The molecule has 0 amide bonds. The second-order valence-electron chi connectivity index (χ2n) is 3.21. The molecule has 1 aromatic rings. The first-order chi connectivity index (χ1) is 7.10. The molecule has 1 heterocycles. The molecule has 1 aliphatic heterocycles. The van der Waals surface area contributed by atoms with Gasteiger partial charge in [-0.3, -0.25) is 0 Å². The first kappa shape index (κ1) is 10.8. The molecule has 82 valence electrons. The lowest BCUT2D eigenvalue weighted by Gasteiger charge is -2.14. The molecule has 15 heavy (non-hydrogen) atoms. The largest absolute Gasteiger partial charge is 0.508 e. The molecule has 0 unspecified atom stereocenters. The average molecular weight is 245 g/mol. The number of hydrogen-bond donors (Lipinski definition) is 1. The van der Waals surface area contributed by atoms with Crippen LogP contribution < -0.4 is 0 Å². The molecule has 1 N–H and O–H groups in total. The molecule has 0 bridgehead atoms. The fourth-order valence-corrected chi connectivity index (χ4v) is 4.17. The van der Waals surface area contributed by atoms with E-state index in [0.29, 0.717) is 12.4 Å². The van der Waals surface area contributed by atoms with Crippen molar-refractivity contribution in [2.75, 3.05) is 18.2 Å². The number of aromatic hydroxyl groups is 1. The quantitative estimate of drug-likeness (QED) is 0.847. The predicted octanol–water partition coefficient (Wildman–Crippen LogP) is 1.09. The van der Waals surface area contributed by atoms with Gasteiger partial charge in [-0.2, -0.15) is 4.31 Å². The molecule has 1 aromatic carbocycles. The van der Waals surface area contributed by atoms with Crippen LogP contribution in [0.5, 0.6) is 5.75 Å². The van der Waals surface area contributed by atoms with E-state index in [0.717, 1.165) is 5.75 Å². The van der Waals surface area contributed by atoms with Gasteiger partial charge in [0.2, 0.25) is 10.0 Å². The number of phenols is 1. The molecule has 2 rings (SSSR count). The minimum atomic E-state index is -3.35. The number of nitrogens with zero attached hydrogens (tertiary/aromatic N) is 1. The smallest absolute Gasteiger partial charge is 0.243 e. The highest BCUT2D eigenvalue weighted by atomic mass is 32.2. The third kappa shape index (κ3) is 2.11. The van der Waals surface area contributed by atoms with E-state index >= 15 is 0 Å². The van der Waals surface area contributed by atoms with E-state index in [9.17, 15) is 8.42 Å². The van der Waals surface area contributed by atoms with Crippen molar-refractivity contribution in [2.24, 2.45) is 0 Å². The van der Waals surface area contributed by atoms with Crippen molar-refractivity contribution in [1.82, 2.24) is 4.31 Å². The zero-order valence-corrected chi connectivity index (χ0v) is 9.59. The Balaban J connectivity index is 2.32. The number of sulfonamides is 1. The SMILES string of the molecule is O=S(=O)(c1ccc(O)cc1)N1CCSC1. The molecule has 0 aliphatic carbocycles. The lowest BCUT2D eigenvalue weighted by Crippen LogP contribution is -2.27. The summed E-state index contributed by atoms with van der Waals surface area (Å²) in [5.74, 6) is 1.44. The van der Waals surface area contributed by atoms with Crippen LogP contribution in [0.4, 0.5) is 0 Å². The van der Waals surface area contributed by atoms with E-state index in [4.69, 9.17) is 5.11 Å². The molecular weight excluding hydrogens is 234 g/mol. The van der Waals surface area contributed by atoms with Gasteiger partial charge in [-0.1, -0.05) is 0 Å². The topological polar surface area (TPSA) is 57.6 Å². The van der Waals surface area contributed by atoms with Crippen LogP contribution in [0.3, 0.4) is 0 Å². The van der Waals surface area contributed by atoms with Gasteiger partial charge >= 0.3 is 0 Å². The maximum atomic E-state index is 12.0. The summed E-state index contributed by atoms with van der Waals surface area (Å²) in [4.78, 5) is 0.239. The van der Waals surface area contributed by atoms with Crippen molar-refractivity contribution in [3.8, 4) is 5.75 Å². The number of phenolic OH excluding ortho intramolecular Hbond substituents is 1. The maximum absolute atomic E-state index is 12.0. The highest BCUT2D eigenvalue weighted by Gasteiger charge is 2.27. The van der Waals surface area contributed by atoms with Gasteiger partial charge in [0.15, 0.2) is 0 Å². The third-order valence-electron chi connectivity index (χ3n) is 2.19. The first-order valence-corrected chi connectivity index (χ1v) is 7.07. The minimum absolute atomic E-state index is 0.0738. The van der Waals surface area contributed by atoms with Crippen molar-refractivity contribution in [1.29, 1.82) is 0 Å². The van der Waals surface area contributed by atoms with Crippen LogP contribution in [-0.4, -0.2) is 36.0 Å². The minimum Gasteiger partial charge on any atom is -0.508 e. The Bertz CT molecular complexity index is 435. The second kappa shape index (κ2) is 4.03. The molecule has 1 aliphatic rings. The zero-order valence-electron chi connectivity index (χ0n) is 7.96. The van der Waals surface area contributed by atoms with Crippen molar-refractivity contribution in [3.05, 3.63) is 24.3 Å². The zero-order chi connectivity index (χ0) is 10.9. The molecule has 4 nitrogen and oxygen atoms in total. The van der Waals surface area contributed by atoms with E-state index in [1.54, 1.807) is 11.8 Å². The summed E-state index contributed by atoms with van der Waals surface area (Å²) in [6.07, 6.45) is 0. The molecule has 1 saturated heterocycles. The van der Waals surface area contributed by atoms with E-state index in [-0.39, 0.29) is 10.6 Å². The molecule has 1 fully saturated rings. The van der Waals surface area contributed by atoms with Gasteiger partial charge in [-0.05, 0) is 24.3 Å². The fraction of sp³-hybridized carbons (Fsp3) is 0.333. The Labute approximate surface area is 93.0 Å². The van der Waals surface area contributed by atoms with Crippen molar-refractivity contribution in [3.63, 3.8) is 0 Å². The van der Waals surface area contributed by atoms with Gasteiger partial charge in [0.05, 0.1) is 10.8 Å². The summed E-state index contributed by atoms with van der Waals surface area (Å²) in [6.45, 7) is 0.563. The molecule has 0 spiro atoms. The predicted molar refractivity (Wildman–Crippen MR) is 59.3 cm³/mol. The monoisotopic (exact) mass is 245 g/mol. The first-order valence-electron chi connectivity index (χ1n) is 4.47. The van der Waals surface area contributed by atoms with Crippen LogP contribution >= 0.6 is 11.8 Å². The number of rotatable bonds is 2. The lowest BCUT2D eigenvalue weighted by molar-refractivity contribution is 0.473. The van der Waals surface area contributed by atoms with Crippen molar-refractivity contribution < 1.29 is 13.5 Å². The summed E-state index contributed by atoms with van der Waals surface area (Å²) < 4.78 is 25.4. The molecule has 0 saturated carbocycles. The Morgan fingerprint density at radius 1 is 1.27 bits per heavy atom. The summed E-state index contributed by atoms with van der Waals surface area (Å²) in [7, 11) is -3.35. The summed E-state index contributed by atoms with van der Waals surface area (Å²) >= 11 is 1.60. The van der Waals surface area contributed by atoms with Crippen LogP contribution in [0.1, 0.15) is 0 Å². The highest BCUT2D eigenvalue weighted by molar-refractivity contribution is 8.00. The van der Waals surface area contributed by atoms with Gasteiger partial charge in [-0.15, -0.1) is 11.8 Å². The second-order valence-corrected chi connectivity index (χ2v) is 6.22. The van der Waals surface area contributed by atoms with Gasteiger partial charge < -0.3 is 5.11 Å². The standard InChI is InChI=1S/C9H11NO3S2/c11-8-1-3-9(4-2-8)15(12,13)10-5-6-14-7-10/h1-4,11H,5-7H2. The van der Waals surface area contributed by atoms with Gasteiger partial charge in [0, 0.05) is 12.3 Å². The highest BCUT2D eigenvalue weighted by Crippen LogP contribution is 2.24. The van der Waals surface area contributed by atoms with Gasteiger partial charge in [0.1, 0.15) is 5.75 Å². The average Bonchev–Trinajstić information content (AvgIpc) is 2.71. The molecule has 0 aromatic heterocycles. The van der Waals surface area contributed by atoms with Gasteiger partial charge in [0.25, 0.3) is 0 Å². The number of benzene rings is 1. The molecule has 0 atom stereocenters.